The summed E-state index contributed by atoms with van der Waals surface area (Å²) in [5.74, 6) is 0.792. The van der Waals surface area contributed by atoms with Crippen LogP contribution < -0.4 is 10.6 Å². The number of hydrogen-bond donors (Lipinski definition) is 2. The molecule has 1 rings (SSSR count). The highest BCUT2D eigenvalue weighted by molar-refractivity contribution is 14.0. The van der Waals surface area contributed by atoms with E-state index in [0.717, 1.165) is 25.6 Å². The van der Waals surface area contributed by atoms with E-state index in [2.05, 4.69) is 58.9 Å². The number of methoxy groups -OCH3 is 1. The lowest BCUT2D eigenvalue weighted by Gasteiger charge is -2.13. The van der Waals surface area contributed by atoms with Gasteiger partial charge in [0.05, 0.1) is 6.61 Å². The van der Waals surface area contributed by atoms with E-state index in [0.29, 0.717) is 6.61 Å². The van der Waals surface area contributed by atoms with Crippen molar-refractivity contribution in [2.24, 2.45) is 4.99 Å². The smallest absolute Gasteiger partial charge is 0.191 e. The van der Waals surface area contributed by atoms with Crippen molar-refractivity contribution in [3.8, 4) is 0 Å². The van der Waals surface area contributed by atoms with Gasteiger partial charge in [0.1, 0.15) is 0 Å². The van der Waals surface area contributed by atoms with Gasteiger partial charge in [-0.1, -0.05) is 24.3 Å². The average molecular weight is 406 g/mol. The van der Waals surface area contributed by atoms with Crippen LogP contribution >= 0.6 is 24.0 Å². The van der Waals surface area contributed by atoms with Crippen LogP contribution in [-0.4, -0.2) is 52.3 Å². The average Bonchev–Trinajstić information content (AvgIpc) is 2.42. The SMILES string of the molecule is CN=C(NCCOC)NCc1cccc(CN(C)C)c1.I. The first-order chi connectivity index (χ1) is 9.65. The topological polar surface area (TPSA) is 48.9 Å². The lowest BCUT2D eigenvalue weighted by Crippen LogP contribution is -2.38. The minimum absolute atomic E-state index is 0. The first-order valence-electron chi connectivity index (χ1n) is 6.81. The molecule has 120 valence electrons. The Morgan fingerprint density at radius 2 is 1.95 bits per heavy atom. The van der Waals surface area contributed by atoms with Crippen LogP contribution in [0.1, 0.15) is 11.1 Å². The van der Waals surface area contributed by atoms with Crippen LogP contribution in [0.15, 0.2) is 29.3 Å². The molecule has 0 spiro atoms. The van der Waals surface area contributed by atoms with Crippen molar-refractivity contribution in [3.63, 3.8) is 0 Å². The molecule has 0 amide bonds. The van der Waals surface area contributed by atoms with E-state index >= 15 is 0 Å². The predicted molar refractivity (Wildman–Crippen MR) is 99.3 cm³/mol. The maximum Gasteiger partial charge on any atom is 0.191 e. The van der Waals surface area contributed by atoms with E-state index < -0.39 is 0 Å². The van der Waals surface area contributed by atoms with Gasteiger partial charge < -0.3 is 20.3 Å². The third kappa shape index (κ3) is 8.90. The molecule has 0 aliphatic heterocycles. The summed E-state index contributed by atoms with van der Waals surface area (Å²) in [5.41, 5.74) is 2.57. The van der Waals surface area contributed by atoms with E-state index in [1.807, 2.05) is 0 Å². The van der Waals surface area contributed by atoms with Gasteiger partial charge in [0.25, 0.3) is 0 Å². The second-order valence-corrected chi connectivity index (χ2v) is 4.90. The second kappa shape index (κ2) is 11.8. The molecule has 2 N–H and O–H groups in total. The summed E-state index contributed by atoms with van der Waals surface area (Å²) in [6.45, 7) is 3.12. The molecule has 0 heterocycles. The molecule has 1 aromatic rings. The van der Waals surface area contributed by atoms with Crippen molar-refractivity contribution < 1.29 is 4.74 Å². The molecule has 0 aliphatic rings. The Morgan fingerprint density at radius 1 is 1.24 bits per heavy atom. The van der Waals surface area contributed by atoms with Crippen molar-refractivity contribution in [1.29, 1.82) is 0 Å². The summed E-state index contributed by atoms with van der Waals surface area (Å²) in [6.07, 6.45) is 0. The number of aliphatic imine (C=N–C) groups is 1. The third-order valence-electron chi connectivity index (χ3n) is 2.77. The summed E-state index contributed by atoms with van der Waals surface area (Å²) in [6, 6.07) is 8.58. The molecule has 0 aliphatic carbocycles. The molecular weight excluding hydrogens is 379 g/mol. The second-order valence-electron chi connectivity index (χ2n) is 4.90. The molecule has 0 atom stereocenters. The van der Waals surface area contributed by atoms with E-state index in [4.69, 9.17) is 4.74 Å². The zero-order valence-corrected chi connectivity index (χ0v) is 15.7. The molecule has 0 bridgehead atoms. The van der Waals surface area contributed by atoms with Crippen LogP contribution in [0.5, 0.6) is 0 Å². The molecule has 6 heteroatoms. The van der Waals surface area contributed by atoms with Gasteiger partial charge in [-0.15, -0.1) is 24.0 Å². The zero-order chi connectivity index (χ0) is 14.8. The van der Waals surface area contributed by atoms with Gasteiger partial charge in [-0.3, -0.25) is 4.99 Å². The fraction of sp³-hybridized carbons (Fsp3) is 0.533. The highest BCUT2D eigenvalue weighted by Gasteiger charge is 2.00. The summed E-state index contributed by atoms with van der Waals surface area (Å²) >= 11 is 0. The Kier molecular flexibility index (Phi) is 11.3. The minimum atomic E-state index is 0. The molecule has 0 radical (unpaired) electrons. The molecule has 0 unspecified atom stereocenters. The lowest BCUT2D eigenvalue weighted by atomic mass is 10.1. The van der Waals surface area contributed by atoms with Crippen LogP contribution in [-0.2, 0) is 17.8 Å². The fourth-order valence-corrected chi connectivity index (χ4v) is 1.88. The van der Waals surface area contributed by atoms with E-state index in [1.165, 1.54) is 11.1 Å². The maximum absolute atomic E-state index is 5.00. The highest BCUT2D eigenvalue weighted by atomic mass is 127. The standard InChI is InChI=1S/C15H26N4O.HI/c1-16-15(17-8-9-20-4)18-11-13-6-5-7-14(10-13)12-19(2)3;/h5-7,10H,8-9,11-12H2,1-4H3,(H2,16,17,18);1H. The van der Waals surface area contributed by atoms with E-state index in [1.54, 1.807) is 14.2 Å². The number of hydrogen-bond acceptors (Lipinski definition) is 3. The summed E-state index contributed by atoms with van der Waals surface area (Å²) in [7, 11) is 7.61. The van der Waals surface area contributed by atoms with Gasteiger partial charge in [0, 0.05) is 33.8 Å². The first kappa shape index (κ1) is 20.1. The number of rotatable bonds is 7. The lowest BCUT2D eigenvalue weighted by molar-refractivity contribution is 0.203. The molecular formula is C15H27IN4O. The number of halogens is 1. The van der Waals surface area contributed by atoms with Gasteiger partial charge in [0.15, 0.2) is 5.96 Å². The number of benzene rings is 1. The summed E-state index contributed by atoms with van der Waals surface area (Å²) in [4.78, 5) is 6.34. The minimum Gasteiger partial charge on any atom is -0.383 e. The Hall–Kier alpha value is -0.860. The number of nitrogens with one attached hydrogen (secondary N) is 2. The first-order valence-corrected chi connectivity index (χ1v) is 6.81. The van der Waals surface area contributed by atoms with Crippen LogP contribution in [0.2, 0.25) is 0 Å². The van der Waals surface area contributed by atoms with Gasteiger partial charge in [-0.25, -0.2) is 0 Å². The van der Waals surface area contributed by atoms with Gasteiger partial charge in [0.2, 0.25) is 0 Å². The van der Waals surface area contributed by atoms with E-state index in [-0.39, 0.29) is 24.0 Å². The largest absolute Gasteiger partial charge is 0.383 e. The maximum atomic E-state index is 5.00. The van der Waals surface area contributed by atoms with Crippen molar-refractivity contribution >= 4 is 29.9 Å². The molecule has 21 heavy (non-hydrogen) atoms. The molecule has 0 aromatic heterocycles. The van der Waals surface area contributed by atoms with Gasteiger partial charge >= 0.3 is 0 Å². The summed E-state index contributed by atoms with van der Waals surface area (Å²) in [5, 5.41) is 6.49. The molecule has 0 fully saturated rings. The molecule has 0 saturated heterocycles. The number of nitrogens with zero attached hydrogens (tertiary/aromatic N) is 2. The zero-order valence-electron chi connectivity index (χ0n) is 13.3. The third-order valence-corrected chi connectivity index (χ3v) is 2.77. The van der Waals surface area contributed by atoms with Crippen molar-refractivity contribution in [3.05, 3.63) is 35.4 Å². The number of guanidine groups is 1. The van der Waals surface area contributed by atoms with Gasteiger partial charge in [-0.2, -0.15) is 0 Å². The van der Waals surface area contributed by atoms with Crippen LogP contribution in [0, 0.1) is 0 Å². The highest BCUT2D eigenvalue weighted by Crippen LogP contribution is 2.06. The number of ether oxygens (including phenoxy) is 1. The van der Waals surface area contributed by atoms with Gasteiger partial charge in [-0.05, 0) is 25.2 Å². The molecule has 1 aromatic carbocycles. The van der Waals surface area contributed by atoms with Crippen molar-refractivity contribution in [2.75, 3.05) is 41.4 Å². The van der Waals surface area contributed by atoms with Crippen molar-refractivity contribution in [1.82, 2.24) is 15.5 Å². The monoisotopic (exact) mass is 406 g/mol. The Morgan fingerprint density at radius 3 is 2.57 bits per heavy atom. The predicted octanol–water partition coefficient (Wildman–Crippen LogP) is 1.68. The van der Waals surface area contributed by atoms with Crippen LogP contribution in [0.3, 0.4) is 0 Å². The Balaban J connectivity index is 0.00000400. The van der Waals surface area contributed by atoms with Crippen LogP contribution in [0.25, 0.3) is 0 Å². The quantitative estimate of drug-likeness (QED) is 0.313. The van der Waals surface area contributed by atoms with E-state index in [9.17, 15) is 0 Å². The summed E-state index contributed by atoms with van der Waals surface area (Å²) < 4.78 is 5.00. The Labute approximate surface area is 145 Å². The molecule has 0 saturated carbocycles. The normalized spacial score (nSPS) is 11.2. The van der Waals surface area contributed by atoms with Crippen LogP contribution in [0.4, 0.5) is 0 Å². The molecule has 5 nitrogen and oxygen atoms in total. The van der Waals surface area contributed by atoms with Crippen molar-refractivity contribution in [2.45, 2.75) is 13.1 Å². The Bertz CT molecular complexity index is 424. The fourth-order valence-electron chi connectivity index (χ4n) is 1.88.